The van der Waals surface area contributed by atoms with Crippen LogP contribution in [0.25, 0.3) is 0 Å². The molecule has 2 amide bonds. The van der Waals surface area contributed by atoms with Crippen LogP contribution in [0.1, 0.15) is 34.8 Å². The number of ketones is 1. The number of thioether (sulfide) groups is 1. The van der Waals surface area contributed by atoms with E-state index in [1.807, 2.05) is 56.3 Å². The number of carbonyl (C=O) groups is 3. The molecule has 1 unspecified atom stereocenters. The normalized spacial score (nSPS) is 15.3. The zero-order valence-corrected chi connectivity index (χ0v) is 21.3. The Morgan fingerprint density at radius 3 is 2.34 bits per heavy atom. The standard InChI is InChI=1S/C27H25N3O3S2/c1-16-7-12-22(13-17(16)2)30-25(32)15-24(26(30)33)35-23-6-4-5-21(14-23)29-27(34)28-20-10-8-19(9-11-20)18(3)31/h4-14,24H,15H2,1-3H3,(H2,28,29,34). The molecule has 1 fully saturated rings. The molecule has 0 bridgehead atoms. The van der Waals surface area contributed by atoms with E-state index in [1.165, 1.54) is 23.6 Å². The Hall–Kier alpha value is -3.49. The Bertz CT molecular complexity index is 1320. The maximum atomic E-state index is 13.1. The number of anilines is 3. The van der Waals surface area contributed by atoms with E-state index in [0.29, 0.717) is 16.4 Å². The van der Waals surface area contributed by atoms with Crippen molar-refractivity contribution in [3.63, 3.8) is 0 Å². The quantitative estimate of drug-likeness (QED) is 0.252. The van der Waals surface area contributed by atoms with Gasteiger partial charge in [-0.1, -0.05) is 12.1 Å². The Labute approximate surface area is 214 Å². The van der Waals surface area contributed by atoms with Crippen molar-refractivity contribution in [1.29, 1.82) is 0 Å². The van der Waals surface area contributed by atoms with Crippen LogP contribution >= 0.6 is 24.0 Å². The average molecular weight is 504 g/mol. The topological polar surface area (TPSA) is 78.5 Å². The third-order valence-corrected chi connectivity index (χ3v) is 7.16. The highest BCUT2D eigenvalue weighted by Crippen LogP contribution is 2.35. The molecule has 1 saturated heterocycles. The maximum absolute atomic E-state index is 13.1. The van der Waals surface area contributed by atoms with E-state index < -0.39 is 5.25 Å². The van der Waals surface area contributed by atoms with Crippen LogP contribution in [-0.4, -0.2) is 28.0 Å². The number of amides is 2. The van der Waals surface area contributed by atoms with Crippen LogP contribution in [0.4, 0.5) is 17.1 Å². The molecule has 1 aliphatic rings. The molecule has 2 N–H and O–H groups in total. The lowest BCUT2D eigenvalue weighted by Gasteiger charge is -2.16. The number of hydrogen-bond donors (Lipinski definition) is 2. The fraction of sp³-hybridized carbons (Fsp3) is 0.185. The molecule has 3 aromatic carbocycles. The maximum Gasteiger partial charge on any atom is 0.247 e. The van der Waals surface area contributed by atoms with Gasteiger partial charge < -0.3 is 10.6 Å². The monoisotopic (exact) mass is 503 g/mol. The van der Waals surface area contributed by atoms with Gasteiger partial charge in [0.25, 0.3) is 0 Å². The second-order valence-corrected chi connectivity index (χ2v) is 10.1. The van der Waals surface area contributed by atoms with Gasteiger partial charge in [-0.2, -0.15) is 0 Å². The van der Waals surface area contributed by atoms with Crippen LogP contribution in [0, 0.1) is 13.8 Å². The smallest absolute Gasteiger partial charge is 0.247 e. The highest BCUT2D eigenvalue weighted by molar-refractivity contribution is 8.00. The lowest BCUT2D eigenvalue weighted by molar-refractivity contribution is -0.121. The molecule has 0 saturated carbocycles. The van der Waals surface area contributed by atoms with Crippen molar-refractivity contribution < 1.29 is 14.4 Å². The Morgan fingerprint density at radius 2 is 1.66 bits per heavy atom. The minimum atomic E-state index is -0.482. The number of hydrogen-bond acceptors (Lipinski definition) is 5. The van der Waals surface area contributed by atoms with E-state index in [4.69, 9.17) is 12.2 Å². The zero-order valence-electron chi connectivity index (χ0n) is 19.6. The molecular formula is C27H25N3O3S2. The predicted octanol–water partition coefficient (Wildman–Crippen LogP) is 5.74. The number of Topliss-reactive ketones (excluding diaryl/α,β-unsaturated/α-hetero) is 1. The summed E-state index contributed by atoms with van der Waals surface area (Å²) < 4.78 is 0. The molecule has 0 aromatic heterocycles. The van der Waals surface area contributed by atoms with Crippen molar-refractivity contribution in [3.05, 3.63) is 83.4 Å². The number of aryl methyl sites for hydroxylation is 2. The third kappa shape index (κ3) is 5.78. The average Bonchev–Trinajstić information content (AvgIpc) is 3.09. The van der Waals surface area contributed by atoms with Crippen LogP contribution in [0.5, 0.6) is 0 Å². The first kappa shape index (κ1) is 24.6. The molecule has 1 aliphatic heterocycles. The fourth-order valence-electron chi connectivity index (χ4n) is 3.73. The first-order valence-corrected chi connectivity index (χ1v) is 12.4. The van der Waals surface area contributed by atoms with E-state index >= 15 is 0 Å². The second-order valence-electron chi connectivity index (χ2n) is 8.39. The molecule has 3 aromatic rings. The predicted molar refractivity (Wildman–Crippen MR) is 145 cm³/mol. The molecule has 0 aliphatic carbocycles. The van der Waals surface area contributed by atoms with Gasteiger partial charge >= 0.3 is 0 Å². The van der Waals surface area contributed by atoms with Crippen molar-refractivity contribution >= 4 is 63.8 Å². The Kier molecular flexibility index (Phi) is 7.33. The molecule has 35 heavy (non-hydrogen) atoms. The number of rotatable bonds is 6. The minimum absolute atomic E-state index is 0.00566. The van der Waals surface area contributed by atoms with Gasteiger partial charge in [-0.3, -0.25) is 14.4 Å². The van der Waals surface area contributed by atoms with Gasteiger partial charge in [-0.15, -0.1) is 11.8 Å². The van der Waals surface area contributed by atoms with Gasteiger partial charge in [-0.05, 0) is 98.7 Å². The molecule has 8 heteroatoms. The van der Waals surface area contributed by atoms with E-state index in [2.05, 4.69) is 10.6 Å². The van der Waals surface area contributed by atoms with Gasteiger partial charge in [0.1, 0.15) is 0 Å². The summed E-state index contributed by atoms with van der Waals surface area (Å²) in [6.07, 6.45) is 0.157. The summed E-state index contributed by atoms with van der Waals surface area (Å²) >= 11 is 6.78. The van der Waals surface area contributed by atoms with Crippen molar-refractivity contribution in [1.82, 2.24) is 0 Å². The van der Waals surface area contributed by atoms with Gasteiger partial charge in [0, 0.05) is 28.3 Å². The summed E-state index contributed by atoms with van der Waals surface area (Å²) in [7, 11) is 0. The fourth-order valence-corrected chi connectivity index (χ4v) is 5.07. The number of benzene rings is 3. The van der Waals surface area contributed by atoms with Gasteiger partial charge in [0.05, 0.1) is 10.9 Å². The van der Waals surface area contributed by atoms with E-state index in [0.717, 1.165) is 27.4 Å². The molecule has 4 rings (SSSR count). The number of thiocarbonyl (C=S) groups is 1. The molecule has 1 atom stereocenters. The third-order valence-electron chi connectivity index (χ3n) is 5.77. The van der Waals surface area contributed by atoms with Crippen molar-refractivity contribution in [2.24, 2.45) is 0 Å². The minimum Gasteiger partial charge on any atom is -0.332 e. The van der Waals surface area contributed by atoms with Crippen LogP contribution in [0.15, 0.2) is 71.6 Å². The summed E-state index contributed by atoms with van der Waals surface area (Å²) in [6.45, 7) is 5.49. The first-order chi connectivity index (χ1) is 16.7. The van der Waals surface area contributed by atoms with Gasteiger partial charge in [0.2, 0.25) is 11.8 Å². The number of carbonyl (C=O) groups excluding carboxylic acids is 3. The molecule has 0 radical (unpaired) electrons. The Balaban J connectivity index is 1.40. The molecule has 0 spiro atoms. The molecule has 1 heterocycles. The highest BCUT2D eigenvalue weighted by Gasteiger charge is 2.40. The number of nitrogens with one attached hydrogen (secondary N) is 2. The van der Waals surface area contributed by atoms with Crippen molar-refractivity contribution in [2.45, 2.75) is 37.3 Å². The SMILES string of the molecule is CC(=O)c1ccc(NC(=S)Nc2cccc(SC3CC(=O)N(c4ccc(C)c(C)c4)C3=O)c2)cc1. The zero-order chi connectivity index (χ0) is 25.1. The number of nitrogens with zero attached hydrogens (tertiary/aromatic N) is 1. The second kappa shape index (κ2) is 10.4. The lowest BCUT2D eigenvalue weighted by Crippen LogP contribution is -2.31. The van der Waals surface area contributed by atoms with Crippen molar-refractivity contribution in [2.75, 3.05) is 15.5 Å². The van der Waals surface area contributed by atoms with E-state index in [9.17, 15) is 14.4 Å². The van der Waals surface area contributed by atoms with Gasteiger partial charge in [-0.25, -0.2) is 4.90 Å². The van der Waals surface area contributed by atoms with Crippen LogP contribution < -0.4 is 15.5 Å². The van der Waals surface area contributed by atoms with Crippen molar-refractivity contribution in [3.8, 4) is 0 Å². The lowest BCUT2D eigenvalue weighted by atomic mass is 10.1. The molecule has 6 nitrogen and oxygen atoms in total. The molecule has 178 valence electrons. The first-order valence-electron chi connectivity index (χ1n) is 11.1. The summed E-state index contributed by atoms with van der Waals surface area (Å²) in [5.74, 6) is -0.384. The summed E-state index contributed by atoms with van der Waals surface area (Å²) in [5, 5.41) is 6.14. The van der Waals surface area contributed by atoms with Gasteiger partial charge in [0.15, 0.2) is 10.9 Å². The summed E-state index contributed by atoms with van der Waals surface area (Å²) in [4.78, 5) is 39.3. The largest absolute Gasteiger partial charge is 0.332 e. The Morgan fingerprint density at radius 1 is 0.943 bits per heavy atom. The van der Waals surface area contributed by atoms with Crippen LogP contribution in [-0.2, 0) is 9.59 Å². The van der Waals surface area contributed by atoms with Crippen LogP contribution in [0.2, 0.25) is 0 Å². The van der Waals surface area contributed by atoms with E-state index in [1.54, 1.807) is 24.3 Å². The number of imide groups is 1. The van der Waals surface area contributed by atoms with Crippen LogP contribution in [0.3, 0.4) is 0 Å². The van der Waals surface area contributed by atoms with E-state index in [-0.39, 0.29) is 24.0 Å². The molecular weight excluding hydrogens is 478 g/mol. The summed E-state index contributed by atoms with van der Waals surface area (Å²) in [5.41, 5.74) is 4.93. The highest BCUT2D eigenvalue weighted by atomic mass is 32.2. The summed E-state index contributed by atoms with van der Waals surface area (Å²) in [6, 6.07) is 20.2.